The summed E-state index contributed by atoms with van der Waals surface area (Å²) >= 11 is 0. The highest BCUT2D eigenvalue weighted by atomic mass is 15.3. The lowest BCUT2D eigenvalue weighted by molar-refractivity contribution is 0.118. The van der Waals surface area contributed by atoms with Crippen LogP contribution in [0.1, 0.15) is 52.9 Å². The fraction of sp³-hybridized carbons (Fsp3) is 1.00. The Morgan fingerprint density at radius 2 is 1.95 bits per heavy atom. The minimum absolute atomic E-state index is 0.637. The molecule has 1 saturated heterocycles. The zero-order valence-electron chi connectivity index (χ0n) is 13.9. The lowest BCUT2D eigenvalue weighted by atomic mass is 9.78. The Labute approximate surface area is 125 Å². The van der Waals surface area contributed by atoms with Gasteiger partial charge in [-0.3, -0.25) is 9.80 Å². The molecule has 1 heterocycles. The van der Waals surface area contributed by atoms with E-state index in [1.54, 1.807) is 0 Å². The number of rotatable bonds is 6. The normalized spacial score (nSPS) is 33.8. The van der Waals surface area contributed by atoms with E-state index in [0.717, 1.165) is 24.4 Å². The van der Waals surface area contributed by atoms with Crippen molar-refractivity contribution in [3.8, 4) is 0 Å². The minimum Gasteiger partial charge on any atom is -0.329 e. The second kappa shape index (κ2) is 7.77. The quantitative estimate of drug-likeness (QED) is 0.812. The Hall–Kier alpha value is -0.120. The van der Waals surface area contributed by atoms with Crippen LogP contribution in [0.15, 0.2) is 0 Å². The van der Waals surface area contributed by atoms with Crippen molar-refractivity contribution in [3.63, 3.8) is 0 Å². The number of likely N-dealkylation sites (tertiary alicyclic amines) is 1. The Morgan fingerprint density at radius 3 is 2.55 bits per heavy atom. The van der Waals surface area contributed by atoms with Gasteiger partial charge in [-0.05, 0) is 44.2 Å². The molecule has 4 unspecified atom stereocenters. The molecule has 0 bridgehead atoms. The molecule has 0 amide bonds. The maximum absolute atomic E-state index is 6.16. The largest absolute Gasteiger partial charge is 0.329 e. The molecule has 2 fully saturated rings. The van der Waals surface area contributed by atoms with Gasteiger partial charge in [0.25, 0.3) is 0 Å². The van der Waals surface area contributed by atoms with E-state index in [0.29, 0.717) is 6.04 Å². The third-order valence-electron chi connectivity index (χ3n) is 5.76. The van der Waals surface area contributed by atoms with Crippen LogP contribution in [0.4, 0.5) is 0 Å². The van der Waals surface area contributed by atoms with Crippen molar-refractivity contribution in [3.05, 3.63) is 0 Å². The predicted molar refractivity (Wildman–Crippen MR) is 86.9 cm³/mol. The molecule has 1 aliphatic heterocycles. The Kier molecular flexibility index (Phi) is 6.31. The fourth-order valence-electron chi connectivity index (χ4n) is 4.58. The SMILES string of the molecule is CCN(CC)C1CCN(C(CN)C2CCCC(C)C2)C1. The highest BCUT2D eigenvalue weighted by Gasteiger charge is 2.35. The molecule has 0 radical (unpaired) electrons. The third-order valence-corrected chi connectivity index (χ3v) is 5.76. The minimum atomic E-state index is 0.637. The molecule has 0 aromatic carbocycles. The molecule has 1 saturated carbocycles. The Bertz CT molecular complexity index is 277. The van der Waals surface area contributed by atoms with Crippen LogP contribution in [0.3, 0.4) is 0 Å². The number of hydrogen-bond donors (Lipinski definition) is 1. The van der Waals surface area contributed by atoms with Crippen molar-refractivity contribution in [2.24, 2.45) is 17.6 Å². The van der Waals surface area contributed by atoms with Gasteiger partial charge < -0.3 is 5.73 Å². The average Bonchev–Trinajstić information content (AvgIpc) is 2.91. The van der Waals surface area contributed by atoms with Gasteiger partial charge in [0.1, 0.15) is 0 Å². The van der Waals surface area contributed by atoms with Crippen LogP contribution in [-0.4, -0.2) is 54.6 Å². The summed E-state index contributed by atoms with van der Waals surface area (Å²) in [6.07, 6.45) is 6.97. The second-order valence-corrected chi connectivity index (χ2v) is 6.99. The van der Waals surface area contributed by atoms with Crippen LogP contribution in [0, 0.1) is 11.8 Å². The van der Waals surface area contributed by atoms with Crippen molar-refractivity contribution in [1.29, 1.82) is 0 Å². The van der Waals surface area contributed by atoms with Crippen molar-refractivity contribution < 1.29 is 0 Å². The van der Waals surface area contributed by atoms with Gasteiger partial charge in [-0.25, -0.2) is 0 Å². The second-order valence-electron chi connectivity index (χ2n) is 6.99. The molecular weight excluding hydrogens is 246 g/mol. The van der Waals surface area contributed by atoms with Crippen LogP contribution in [-0.2, 0) is 0 Å². The average molecular weight is 281 g/mol. The van der Waals surface area contributed by atoms with Crippen molar-refractivity contribution in [2.75, 3.05) is 32.7 Å². The summed E-state index contributed by atoms with van der Waals surface area (Å²) in [5, 5.41) is 0. The van der Waals surface area contributed by atoms with E-state index in [2.05, 4.69) is 30.6 Å². The number of likely N-dealkylation sites (N-methyl/N-ethyl adjacent to an activating group) is 1. The van der Waals surface area contributed by atoms with Crippen LogP contribution in [0.2, 0.25) is 0 Å². The summed E-state index contributed by atoms with van der Waals surface area (Å²) in [5.41, 5.74) is 6.16. The molecule has 4 atom stereocenters. The summed E-state index contributed by atoms with van der Waals surface area (Å²) in [7, 11) is 0. The van der Waals surface area contributed by atoms with E-state index in [1.165, 1.54) is 58.3 Å². The molecule has 0 aromatic heterocycles. The molecule has 3 nitrogen and oxygen atoms in total. The van der Waals surface area contributed by atoms with E-state index >= 15 is 0 Å². The van der Waals surface area contributed by atoms with Crippen LogP contribution < -0.4 is 5.73 Å². The van der Waals surface area contributed by atoms with Crippen LogP contribution >= 0.6 is 0 Å². The van der Waals surface area contributed by atoms with E-state index in [9.17, 15) is 0 Å². The monoisotopic (exact) mass is 281 g/mol. The first-order valence-corrected chi connectivity index (χ1v) is 8.87. The van der Waals surface area contributed by atoms with E-state index in [-0.39, 0.29) is 0 Å². The number of nitrogens with two attached hydrogens (primary N) is 1. The van der Waals surface area contributed by atoms with Gasteiger partial charge in [-0.15, -0.1) is 0 Å². The molecule has 2 N–H and O–H groups in total. The Morgan fingerprint density at radius 1 is 1.20 bits per heavy atom. The lowest BCUT2D eigenvalue weighted by Gasteiger charge is -2.38. The molecular formula is C17H35N3. The maximum Gasteiger partial charge on any atom is 0.0247 e. The standard InChI is InChI=1S/C17H35N3/c1-4-19(5-2)16-9-10-20(13-16)17(12-18)15-8-6-7-14(3)11-15/h14-17H,4-13,18H2,1-3H3. The smallest absolute Gasteiger partial charge is 0.0247 e. The summed E-state index contributed by atoms with van der Waals surface area (Å²) in [4.78, 5) is 5.34. The summed E-state index contributed by atoms with van der Waals surface area (Å²) in [5.74, 6) is 1.75. The molecule has 2 aliphatic rings. The first kappa shape index (κ1) is 16.3. The molecule has 3 heteroatoms. The highest BCUT2D eigenvalue weighted by Crippen LogP contribution is 2.33. The molecule has 0 spiro atoms. The third kappa shape index (κ3) is 3.75. The maximum atomic E-state index is 6.16. The van der Waals surface area contributed by atoms with Crippen molar-refractivity contribution in [1.82, 2.24) is 9.80 Å². The Balaban J connectivity index is 1.92. The summed E-state index contributed by atoms with van der Waals surface area (Å²) in [6.45, 7) is 12.7. The van der Waals surface area contributed by atoms with Gasteiger partial charge in [-0.2, -0.15) is 0 Å². The van der Waals surface area contributed by atoms with Gasteiger partial charge in [0.2, 0.25) is 0 Å². The predicted octanol–water partition coefficient (Wildman–Crippen LogP) is 2.56. The lowest BCUT2D eigenvalue weighted by Crippen LogP contribution is -2.47. The van der Waals surface area contributed by atoms with Gasteiger partial charge in [0, 0.05) is 31.7 Å². The molecule has 118 valence electrons. The van der Waals surface area contributed by atoms with E-state index < -0.39 is 0 Å². The number of hydrogen-bond acceptors (Lipinski definition) is 3. The fourth-order valence-corrected chi connectivity index (χ4v) is 4.58. The summed E-state index contributed by atoms with van der Waals surface area (Å²) in [6, 6.07) is 1.40. The molecule has 2 rings (SSSR count). The van der Waals surface area contributed by atoms with Gasteiger partial charge in [-0.1, -0.05) is 33.6 Å². The first-order valence-electron chi connectivity index (χ1n) is 8.87. The topological polar surface area (TPSA) is 32.5 Å². The van der Waals surface area contributed by atoms with Crippen LogP contribution in [0.5, 0.6) is 0 Å². The van der Waals surface area contributed by atoms with E-state index in [4.69, 9.17) is 5.73 Å². The number of nitrogens with zero attached hydrogens (tertiary/aromatic N) is 2. The zero-order valence-corrected chi connectivity index (χ0v) is 13.9. The zero-order chi connectivity index (χ0) is 14.5. The molecule has 1 aliphatic carbocycles. The van der Waals surface area contributed by atoms with Gasteiger partial charge in [0.15, 0.2) is 0 Å². The first-order chi connectivity index (χ1) is 9.69. The van der Waals surface area contributed by atoms with Gasteiger partial charge >= 0.3 is 0 Å². The van der Waals surface area contributed by atoms with E-state index in [1.807, 2.05) is 0 Å². The van der Waals surface area contributed by atoms with Crippen molar-refractivity contribution >= 4 is 0 Å². The summed E-state index contributed by atoms with van der Waals surface area (Å²) < 4.78 is 0. The van der Waals surface area contributed by atoms with Gasteiger partial charge in [0.05, 0.1) is 0 Å². The molecule has 0 aromatic rings. The highest BCUT2D eigenvalue weighted by molar-refractivity contribution is 4.91. The molecule has 20 heavy (non-hydrogen) atoms. The van der Waals surface area contributed by atoms with Crippen LogP contribution in [0.25, 0.3) is 0 Å². The van der Waals surface area contributed by atoms with Crippen molar-refractivity contribution in [2.45, 2.75) is 65.0 Å².